The van der Waals surface area contributed by atoms with Gasteiger partial charge < -0.3 is 9.67 Å². The van der Waals surface area contributed by atoms with Crippen LogP contribution in [-0.2, 0) is 12.8 Å². The lowest BCUT2D eigenvalue weighted by atomic mass is 9.93. The third-order valence-corrected chi connectivity index (χ3v) is 3.80. The molecule has 0 bridgehead atoms. The van der Waals surface area contributed by atoms with E-state index >= 15 is 0 Å². The molecule has 1 N–H and O–H groups in total. The van der Waals surface area contributed by atoms with Gasteiger partial charge in [0.1, 0.15) is 5.56 Å². The topological polar surface area (TPSA) is 59.3 Å². The standard InChI is InChI=1S/C14H19NO3/c1-3-9(2)15-12-7-5-4-6-10(12)8-11(13(15)16)14(17)18/h8-9H,3-7H2,1-2H3,(H,17,18). The number of fused-ring (bicyclic) bond motifs is 1. The predicted octanol–water partition coefficient (Wildman–Crippen LogP) is 2.40. The average molecular weight is 249 g/mol. The molecule has 4 heteroatoms. The highest BCUT2D eigenvalue weighted by Gasteiger charge is 2.22. The van der Waals surface area contributed by atoms with Crippen molar-refractivity contribution in [3.8, 4) is 0 Å². The zero-order chi connectivity index (χ0) is 13.3. The molecule has 1 heterocycles. The Morgan fingerprint density at radius 2 is 2.11 bits per heavy atom. The summed E-state index contributed by atoms with van der Waals surface area (Å²) in [5, 5.41) is 9.13. The van der Waals surface area contributed by atoms with Crippen LogP contribution in [0, 0.1) is 0 Å². The van der Waals surface area contributed by atoms with Gasteiger partial charge in [-0.2, -0.15) is 0 Å². The molecule has 0 fully saturated rings. The van der Waals surface area contributed by atoms with Crippen molar-refractivity contribution in [2.24, 2.45) is 0 Å². The Labute approximate surface area is 106 Å². The van der Waals surface area contributed by atoms with Crippen LogP contribution in [0.3, 0.4) is 0 Å². The quantitative estimate of drug-likeness (QED) is 0.894. The zero-order valence-corrected chi connectivity index (χ0v) is 10.9. The van der Waals surface area contributed by atoms with Gasteiger partial charge in [0.25, 0.3) is 5.56 Å². The fourth-order valence-corrected chi connectivity index (χ4v) is 2.63. The van der Waals surface area contributed by atoms with E-state index < -0.39 is 5.97 Å². The first-order valence-corrected chi connectivity index (χ1v) is 6.56. The maximum atomic E-state index is 12.3. The van der Waals surface area contributed by atoms with Gasteiger partial charge in [-0.25, -0.2) is 4.79 Å². The molecule has 2 rings (SSSR count). The van der Waals surface area contributed by atoms with E-state index in [1.54, 1.807) is 10.6 Å². The van der Waals surface area contributed by atoms with E-state index in [1.807, 2.05) is 13.8 Å². The smallest absolute Gasteiger partial charge is 0.341 e. The normalized spacial score (nSPS) is 16.1. The van der Waals surface area contributed by atoms with E-state index in [9.17, 15) is 9.59 Å². The number of aromatic nitrogens is 1. The number of carboxylic acid groups (broad SMARTS) is 1. The number of rotatable bonds is 3. The highest BCUT2D eigenvalue weighted by molar-refractivity contribution is 5.87. The van der Waals surface area contributed by atoms with Gasteiger partial charge in [-0.1, -0.05) is 6.92 Å². The second-order valence-corrected chi connectivity index (χ2v) is 4.97. The third-order valence-electron chi connectivity index (χ3n) is 3.80. The predicted molar refractivity (Wildman–Crippen MR) is 69.3 cm³/mol. The molecule has 0 radical (unpaired) electrons. The minimum Gasteiger partial charge on any atom is -0.477 e. The SMILES string of the molecule is CCC(C)n1c2c(cc(C(=O)O)c1=O)CCCC2. The van der Waals surface area contributed by atoms with Gasteiger partial charge in [0.2, 0.25) is 0 Å². The lowest BCUT2D eigenvalue weighted by Gasteiger charge is -2.25. The summed E-state index contributed by atoms with van der Waals surface area (Å²) in [6.07, 6.45) is 4.75. The molecule has 18 heavy (non-hydrogen) atoms. The number of hydrogen-bond donors (Lipinski definition) is 1. The van der Waals surface area contributed by atoms with Gasteiger partial charge in [-0.3, -0.25) is 4.79 Å². The van der Waals surface area contributed by atoms with Crippen molar-refractivity contribution in [2.45, 2.75) is 52.0 Å². The molecule has 1 aliphatic rings. The monoisotopic (exact) mass is 249 g/mol. The van der Waals surface area contributed by atoms with Crippen LogP contribution in [-0.4, -0.2) is 15.6 Å². The van der Waals surface area contributed by atoms with Crippen molar-refractivity contribution < 1.29 is 9.90 Å². The Morgan fingerprint density at radius 1 is 1.44 bits per heavy atom. The second-order valence-electron chi connectivity index (χ2n) is 4.97. The summed E-state index contributed by atoms with van der Waals surface area (Å²) in [5.41, 5.74) is 1.65. The zero-order valence-electron chi connectivity index (χ0n) is 10.9. The molecule has 0 amide bonds. The van der Waals surface area contributed by atoms with Gasteiger partial charge in [0.15, 0.2) is 0 Å². The Morgan fingerprint density at radius 3 is 2.72 bits per heavy atom. The summed E-state index contributed by atoms with van der Waals surface area (Å²) >= 11 is 0. The van der Waals surface area contributed by atoms with Crippen molar-refractivity contribution in [2.75, 3.05) is 0 Å². The first-order valence-electron chi connectivity index (χ1n) is 6.56. The number of pyridine rings is 1. The third kappa shape index (κ3) is 2.07. The second kappa shape index (κ2) is 4.96. The minimum absolute atomic E-state index is 0.0589. The molecule has 0 saturated carbocycles. The molecule has 0 saturated heterocycles. The number of aryl methyl sites for hydroxylation is 1. The van der Waals surface area contributed by atoms with Gasteiger partial charge >= 0.3 is 5.97 Å². The summed E-state index contributed by atoms with van der Waals surface area (Å²) in [6, 6.07) is 1.64. The summed E-state index contributed by atoms with van der Waals surface area (Å²) in [6.45, 7) is 3.99. The first-order chi connectivity index (χ1) is 8.56. The average Bonchev–Trinajstić information content (AvgIpc) is 2.37. The highest BCUT2D eigenvalue weighted by Crippen LogP contribution is 2.24. The van der Waals surface area contributed by atoms with Gasteiger partial charge in [0.05, 0.1) is 0 Å². The van der Waals surface area contributed by atoms with Crippen LogP contribution in [0.15, 0.2) is 10.9 Å². The van der Waals surface area contributed by atoms with E-state index in [-0.39, 0.29) is 17.2 Å². The summed E-state index contributed by atoms with van der Waals surface area (Å²) < 4.78 is 1.71. The molecular weight excluding hydrogens is 230 g/mol. The van der Waals surface area contributed by atoms with Crippen molar-refractivity contribution in [3.05, 3.63) is 33.2 Å². The maximum Gasteiger partial charge on any atom is 0.341 e. The molecule has 1 aromatic rings. The van der Waals surface area contributed by atoms with Crippen molar-refractivity contribution in [3.63, 3.8) is 0 Å². The minimum atomic E-state index is -1.12. The molecule has 0 aliphatic heterocycles. The van der Waals surface area contributed by atoms with Gasteiger partial charge in [-0.05, 0) is 50.7 Å². The van der Waals surface area contributed by atoms with Crippen molar-refractivity contribution in [1.82, 2.24) is 4.57 Å². The maximum absolute atomic E-state index is 12.3. The molecule has 98 valence electrons. The largest absolute Gasteiger partial charge is 0.477 e. The van der Waals surface area contributed by atoms with E-state index in [2.05, 4.69) is 0 Å². The number of hydrogen-bond acceptors (Lipinski definition) is 2. The fraction of sp³-hybridized carbons (Fsp3) is 0.571. The molecule has 1 unspecified atom stereocenters. The first kappa shape index (κ1) is 12.9. The van der Waals surface area contributed by atoms with Crippen LogP contribution in [0.25, 0.3) is 0 Å². The molecule has 1 aliphatic carbocycles. The highest BCUT2D eigenvalue weighted by atomic mass is 16.4. The molecule has 0 aromatic carbocycles. The fourth-order valence-electron chi connectivity index (χ4n) is 2.63. The Bertz CT molecular complexity index is 531. The molecule has 1 aromatic heterocycles. The summed E-state index contributed by atoms with van der Waals surface area (Å²) in [5.74, 6) is -1.12. The summed E-state index contributed by atoms with van der Waals surface area (Å²) in [4.78, 5) is 23.4. The van der Waals surface area contributed by atoms with E-state index in [0.29, 0.717) is 0 Å². The molecule has 1 atom stereocenters. The Hall–Kier alpha value is -1.58. The van der Waals surface area contributed by atoms with E-state index in [4.69, 9.17) is 5.11 Å². The van der Waals surface area contributed by atoms with E-state index in [1.165, 1.54) is 0 Å². The molecule has 4 nitrogen and oxygen atoms in total. The number of nitrogens with zero attached hydrogens (tertiary/aromatic N) is 1. The summed E-state index contributed by atoms with van der Waals surface area (Å²) in [7, 11) is 0. The number of carbonyl (C=O) groups is 1. The van der Waals surface area contributed by atoms with Gasteiger partial charge in [-0.15, -0.1) is 0 Å². The van der Waals surface area contributed by atoms with Crippen molar-refractivity contribution in [1.29, 1.82) is 0 Å². The van der Waals surface area contributed by atoms with Crippen molar-refractivity contribution >= 4 is 5.97 Å². The lowest BCUT2D eigenvalue weighted by Crippen LogP contribution is -2.33. The van der Waals surface area contributed by atoms with E-state index in [0.717, 1.165) is 43.4 Å². The number of aromatic carboxylic acids is 1. The van der Waals surface area contributed by atoms with Crippen LogP contribution < -0.4 is 5.56 Å². The number of carboxylic acids is 1. The lowest BCUT2D eigenvalue weighted by molar-refractivity contribution is 0.0693. The van der Waals surface area contributed by atoms with Crippen LogP contribution >= 0.6 is 0 Å². The van der Waals surface area contributed by atoms with Crippen LogP contribution in [0.5, 0.6) is 0 Å². The Balaban J connectivity index is 2.70. The van der Waals surface area contributed by atoms with Crippen LogP contribution in [0.1, 0.15) is 60.8 Å². The molecule has 0 spiro atoms. The van der Waals surface area contributed by atoms with Gasteiger partial charge in [0, 0.05) is 11.7 Å². The van der Waals surface area contributed by atoms with Crippen LogP contribution in [0.2, 0.25) is 0 Å². The molecular formula is C14H19NO3. The Kier molecular flexibility index (Phi) is 3.55. The van der Waals surface area contributed by atoms with Crippen LogP contribution in [0.4, 0.5) is 0 Å².